The molecule has 1 saturated carbocycles. The largest absolute Gasteiger partial charge is 0.378 e. The van der Waals surface area contributed by atoms with Crippen LogP contribution in [0.5, 0.6) is 0 Å². The maximum atomic E-state index is 13.4. The lowest BCUT2D eigenvalue weighted by molar-refractivity contribution is 0.245. The lowest BCUT2D eigenvalue weighted by Gasteiger charge is -2.29. The van der Waals surface area contributed by atoms with Gasteiger partial charge in [-0.3, -0.25) is 9.36 Å². The Kier molecular flexibility index (Phi) is 6.52. The zero-order valence-corrected chi connectivity index (χ0v) is 18.5. The Bertz CT molecular complexity index is 1110. The number of hydrogen-bond donors (Lipinski definition) is 1. The summed E-state index contributed by atoms with van der Waals surface area (Å²) in [7, 11) is 4.06. The van der Waals surface area contributed by atoms with Crippen molar-refractivity contribution in [3.05, 3.63) is 70.3 Å². The molecule has 0 saturated heterocycles. The highest BCUT2D eigenvalue weighted by molar-refractivity contribution is 5.79. The lowest BCUT2D eigenvalue weighted by Crippen LogP contribution is -2.31. The molecule has 2 aromatic carbocycles. The van der Waals surface area contributed by atoms with E-state index in [0.717, 1.165) is 42.0 Å². The minimum atomic E-state index is 0.0445. The molecule has 1 aromatic heterocycles. The number of anilines is 1. The Morgan fingerprint density at radius 3 is 2.55 bits per heavy atom. The molecular formula is C26H32N4O. The third-order valence-corrected chi connectivity index (χ3v) is 6.39. The first-order chi connectivity index (χ1) is 15.0. The van der Waals surface area contributed by atoms with Crippen LogP contribution in [0.2, 0.25) is 0 Å². The van der Waals surface area contributed by atoms with Crippen LogP contribution in [0.25, 0.3) is 23.1 Å². The fraction of sp³-hybridized carbons (Fsp3) is 0.385. The summed E-state index contributed by atoms with van der Waals surface area (Å²) in [4.78, 5) is 20.3. The van der Waals surface area contributed by atoms with E-state index in [0.29, 0.717) is 23.8 Å². The predicted octanol–water partition coefficient (Wildman–Crippen LogP) is 4.40. The second-order valence-corrected chi connectivity index (χ2v) is 8.86. The van der Waals surface area contributed by atoms with Gasteiger partial charge in [-0.15, -0.1) is 0 Å². The zero-order chi connectivity index (χ0) is 21.8. The summed E-state index contributed by atoms with van der Waals surface area (Å²) in [6, 6.07) is 16.0. The Balaban J connectivity index is 1.69. The van der Waals surface area contributed by atoms with Gasteiger partial charge in [-0.25, -0.2) is 4.98 Å². The van der Waals surface area contributed by atoms with Crippen molar-refractivity contribution in [2.75, 3.05) is 25.5 Å². The molecule has 0 radical (unpaired) electrons. The van der Waals surface area contributed by atoms with Gasteiger partial charge in [0, 0.05) is 26.3 Å². The summed E-state index contributed by atoms with van der Waals surface area (Å²) in [6.45, 7) is 1.43. The molecule has 5 heteroatoms. The van der Waals surface area contributed by atoms with Crippen LogP contribution >= 0.6 is 0 Å². The summed E-state index contributed by atoms with van der Waals surface area (Å²) in [5, 5.41) is 0.682. The predicted molar refractivity (Wildman–Crippen MR) is 130 cm³/mol. The van der Waals surface area contributed by atoms with Crippen molar-refractivity contribution in [3.8, 4) is 0 Å². The Hall–Kier alpha value is -2.92. The molecule has 1 heterocycles. The molecule has 1 fully saturated rings. The van der Waals surface area contributed by atoms with Crippen molar-refractivity contribution in [2.24, 2.45) is 17.6 Å². The number of hydrogen-bond acceptors (Lipinski definition) is 4. The standard InChI is InChI=1S/C26H32N4O/c1-29(2)22-13-10-19(11-14-22)12-15-25-28-24-9-4-3-8-23(24)26(31)30(25)18-21-7-5-6-20(16-21)17-27/h3-4,8-15,20-21H,5-7,16-18,27H2,1-2H3/b15-12+. The van der Waals surface area contributed by atoms with Crippen molar-refractivity contribution in [2.45, 2.75) is 32.2 Å². The highest BCUT2D eigenvalue weighted by Gasteiger charge is 2.23. The van der Waals surface area contributed by atoms with E-state index in [1.54, 1.807) is 0 Å². The second-order valence-electron chi connectivity index (χ2n) is 8.86. The van der Waals surface area contributed by atoms with Crippen LogP contribution in [0.3, 0.4) is 0 Å². The lowest BCUT2D eigenvalue weighted by atomic mass is 9.81. The molecule has 0 amide bonds. The van der Waals surface area contributed by atoms with E-state index < -0.39 is 0 Å². The summed E-state index contributed by atoms with van der Waals surface area (Å²) in [6.07, 6.45) is 8.63. The van der Waals surface area contributed by atoms with Crippen molar-refractivity contribution in [1.82, 2.24) is 9.55 Å². The number of rotatable bonds is 6. The first-order valence-corrected chi connectivity index (χ1v) is 11.2. The summed E-state index contributed by atoms with van der Waals surface area (Å²) >= 11 is 0. The van der Waals surface area contributed by atoms with E-state index in [-0.39, 0.29) is 5.56 Å². The van der Waals surface area contributed by atoms with Gasteiger partial charge in [0.05, 0.1) is 10.9 Å². The average Bonchev–Trinajstić information content (AvgIpc) is 2.80. The van der Waals surface area contributed by atoms with Gasteiger partial charge in [-0.2, -0.15) is 0 Å². The van der Waals surface area contributed by atoms with Crippen LogP contribution in [-0.2, 0) is 6.54 Å². The maximum absolute atomic E-state index is 13.4. The molecule has 0 spiro atoms. The minimum absolute atomic E-state index is 0.0445. The molecule has 1 aliphatic rings. The van der Waals surface area contributed by atoms with Crippen molar-refractivity contribution in [1.29, 1.82) is 0 Å². The molecule has 2 unspecified atom stereocenters. The number of para-hydroxylation sites is 1. The van der Waals surface area contributed by atoms with E-state index in [2.05, 4.69) is 29.2 Å². The first kappa shape index (κ1) is 21.3. The molecular weight excluding hydrogens is 384 g/mol. The van der Waals surface area contributed by atoms with Gasteiger partial charge in [0.2, 0.25) is 0 Å². The van der Waals surface area contributed by atoms with E-state index in [1.165, 1.54) is 12.8 Å². The van der Waals surface area contributed by atoms with Crippen LogP contribution in [0.4, 0.5) is 5.69 Å². The molecule has 0 bridgehead atoms. The highest BCUT2D eigenvalue weighted by atomic mass is 16.1. The molecule has 1 aliphatic carbocycles. The number of aromatic nitrogens is 2. The SMILES string of the molecule is CN(C)c1ccc(/C=C/c2nc3ccccc3c(=O)n2CC2CCCC(CN)C2)cc1. The van der Waals surface area contributed by atoms with Gasteiger partial charge in [0.25, 0.3) is 5.56 Å². The summed E-state index contributed by atoms with van der Waals surface area (Å²) < 4.78 is 1.87. The van der Waals surface area contributed by atoms with E-state index in [1.807, 2.05) is 55.1 Å². The topological polar surface area (TPSA) is 64.2 Å². The van der Waals surface area contributed by atoms with E-state index in [4.69, 9.17) is 10.7 Å². The normalized spacial score (nSPS) is 19.2. The van der Waals surface area contributed by atoms with E-state index >= 15 is 0 Å². The quantitative estimate of drug-likeness (QED) is 0.647. The third kappa shape index (κ3) is 4.88. The minimum Gasteiger partial charge on any atom is -0.378 e. The molecule has 5 nitrogen and oxygen atoms in total. The fourth-order valence-corrected chi connectivity index (χ4v) is 4.58. The van der Waals surface area contributed by atoms with Crippen molar-refractivity contribution < 1.29 is 0 Å². The molecule has 0 aliphatic heterocycles. The van der Waals surface area contributed by atoms with Crippen LogP contribution in [0.1, 0.15) is 37.1 Å². The number of nitrogens with zero attached hydrogens (tertiary/aromatic N) is 3. The van der Waals surface area contributed by atoms with E-state index in [9.17, 15) is 4.79 Å². The summed E-state index contributed by atoms with van der Waals surface area (Å²) in [5.41, 5.74) is 8.97. The van der Waals surface area contributed by atoms with Crippen LogP contribution in [0, 0.1) is 11.8 Å². The summed E-state index contributed by atoms with van der Waals surface area (Å²) in [5.74, 6) is 1.75. The smallest absolute Gasteiger partial charge is 0.261 e. The first-order valence-electron chi connectivity index (χ1n) is 11.2. The van der Waals surface area contributed by atoms with Gasteiger partial charge in [0.1, 0.15) is 5.82 Å². The molecule has 31 heavy (non-hydrogen) atoms. The average molecular weight is 417 g/mol. The van der Waals surface area contributed by atoms with Gasteiger partial charge < -0.3 is 10.6 Å². The fourth-order valence-electron chi connectivity index (χ4n) is 4.58. The monoisotopic (exact) mass is 416 g/mol. The van der Waals surface area contributed by atoms with Crippen LogP contribution in [-0.4, -0.2) is 30.2 Å². The number of benzene rings is 2. The van der Waals surface area contributed by atoms with Gasteiger partial charge in [-0.1, -0.05) is 36.8 Å². The Morgan fingerprint density at radius 2 is 1.81 bits per heavy atom. The molecule has 162 valence electrons. The zero-order valence-electron chi connectivity index (χ0n) is 18.5. The highest BCUT2D eigenvalue weighted by Crippen LogP contribution is 2.29. The third-order valence-electron chi connectivity index (χ3n) is 6.39. The van der Waals surface area contributed by atoms with Crippen LogP contribution in [0.15, 0.2) is 53.3 Å². The number of fused-ring (bicyclic) bond motifs is 1. The van der Waals surface area contributed by atoms with Crippen molar-refractivity contribution >= 4 is 28.7 Å². The Labute approximate surface area is 184 Å². The molecule has 2 N–H and O–H groups in total. The Morgan fingerprint density at radius 1 is 1.06 bits per heavy atom. The van der Waals surface area contributed by atoms with Crippen LogP contribution < -0.4 is 16.2 Å². The van der Waals surface area contributed by atoms with Gasteiger partial charge >= 0.3 is 0 Å². The molecule has 2 atom stereocenters. The van der Waals surface area contributed by atoms with Gasteiger partial charge in [0.15, 0.2) is 0 Å². The molecule has 3 aromatic rings. The van der Waals surface area contributed by atoms with Gasteiger partial charge in [-0.05, 0) is 73.5 Å². The maximum Gasteiger partial charge on any atom is 0.261 e. The number of nitrogens with two attached hydrogens (primary N) is 1. The molecule has 4 rings (SSSR count). The second kappa shape index (κ2) is 9.48. The van der Waals surface area contributed by atoms with Crippen molar-refractivity contribution in [3.63, 3.8) is 0 Å².